The number of hydrogen-bond acceptors (Lipinski definition) is 5. The van der Waals surface area contributed by atoms with Crippen LogP contribution in [0.1, 0.15) is 19.5 Å². The molecule has 3 aromatic rings. The molecule has 0 radical (unpaired) electrons. The predicted octanol–water partition coefficient (Wildman–Crippen LogP) is 3.72. The van der Waals surface area contributed by atoms with Crippen LogP contribution in [0.4, 0.5) is 0 Å². The van der Waals surface area contributed by atoms with E-state index in [2.05, 4.69) is 9.71 Å². The number of aliphatic carboxylic acids is 1. The van der Waals surface area contributed by atoms with Crippen molar-refractivity contribution in [3.63, 3.8) is 0 Å². The van der Waals surface area contributed by atoms with Gasteiger partial charge in [0, 0.05) is 6.20 Å². The second kappa shape index (κ2) is 9.72. The van der Waals surface area contributed by atoms with Gasteiger partial charge >= 0.3 is 5.97 Å². The van der Waals surface area contributed by atoms with Crippen molar-refractivity contribution < 1.29 is 23.1 Å². The van der Waals surface area contributed by atoms with Crippen LogP contribution in [-0.4, -0.2) is 30.5 Å². The molecule has 0 spiro atoms. The third kappa shape index (κ3) is 5.90. The molecule has 162 valence electrons. The zero-order valence-corrected chi connectivity index (χ0v) is 18.0. The van der Waals surface area contributed by atoms with Crippen molar-refractivity contribution in [1.29, 1.82) is 0 Å². The average Bonchev–Trinajstić information content (AvgIpc) is 2.77. The number of pyridine rings is 1. The number of carbonyl (C=O) groups is 1. The predicted molar refractivity (Wildman–Crippen MR) is 117 cm³/mol. The Morgan fingerprint density at radius 3 is 2.13 bits per heavy atom. The Kier molecular flexibility index (Phi) is 7.04. The molecule has 0 saturated carbocycles. The summed E-state index contributed by atoms with van der Waals surface area (Å²) in [7, 11) is -3.95. The highest BCUT2D eigenvalue weighted by atomic mass is 32.2. The van der Waals surface area contributed by atoms with E-state index in [1.54, 1.807) is 32.2 Å². The second-order valence-corrected chi connectivity index (χ2v) is 9.05. The van der Waals surface area contributed by atoms with Gasteiger partial charge < -0.3 is 9.84 Å². The Morgan fingerprint density at radius 2 is 1.61 bits per heavy atom. The highest BCUT2D eigenvalue weighted by Crippen LogP contribution is 2.24. The molecule has 31 heavy (non-hydrogen) atoms. The maximum absolute atomic E-state index is 12.5. The summed E-state index contributed by atoms with van der Waals surface area (Å²) in [6, 6.07) is 18.2. The third-order valence-corrected chi connectivity index (χ3v) is 6.14. The fourth-order valence-electron chi connectivity index (χ4n) is 2.92. The van der Waals surface area contributed by atoms with Gasteiger partial charge in [-0.25, -0.2) is 8.42 Å². The van der Waals surface area contributed by atoms with Crippen LogP contribution in [0.15, 0.2) is 77.8 Å². The van der Waals surface area contributed by atoms with Gasteiger partial charge in [0.2, 0.25) is 10.0 Å². The molecule has 8 heteroatoms. The Bertz CT molecular complexity index is 1110. The van der Waals surface area contributed by atoms with Gasteiger partial charge in [-0.3, -0.25) is 9.78 Å². The molecule has 1 heterocycles. The molecule has 1 aromatic heterocycles. The molecule has 2 aromatic carbocycles. The fourth-order valence-corrected chi connectivity index (χ4v) is 4.26. The van der Waals surface area contributed by atoms with Gasteiger partial charge in [0.1, 0.15) is 18.4 Å². The van der Waals surface area contributed by atoms with E-state index in [4.69, 9.17) is 4.74 Å². The maximum atomic E-state index is 12.5. The summed E-state index contributed by atoms with van der Waals surface area (Å²) >= 11 is 0. The lowest BCUT2D eigenvalue weighted by Crippen LogP contribution is -2.44. The van der Waals surface area contributed by atoms with E-state index < -0.39 is 22.0 Å². The van der Waals surface area contributed by atoms with Crippen molar-refractivity contribution in [2.24, 2.45) is 5.92 Å². The van der Waals surface area contributed by atoms with Crippen LogP contribution < -0.4 is 9.46 Å². The van der Waals surface area contributed by atoms with Crippen LogP contribution in [-0.2, 0) is 21.4 Å². The first-order valence-electron chi connectivity index (χ1n) is 9.74. The van der Waals surface area contributed by atoms with Crippen molar-refractivity contribution in [2.45, 2.75) is 31.4 Å². The van der Waals surface area contributed by atoms with E-state index in [-0.39, 0.29) is 10.8 Å². The Morgan fingerprint density at radius 1 is 1.00 bits per heavy atom. The van der Waals surface area contributed by atoms with Crippen molar-refractivity contribution in [1.82, 2.24) is 9.71 Å². The van der Waals surface area contributed by atoms with Gasteiger partial charge in [0.15, 0.2) is 0 Å². The molecule has 2 N–H and O–H groups in total. The van der Waals surface area contributed by atoms with Gasteiger partial charge in [-0.2, -0.15) is 4.72 Å². The van der Waals surface area contributed by atoms with E-state index in [0.717, 1.165) is 16.8 Å². The minimum absolute atomic E-state index is 0.0125. The number of benzene rings is 2. The molecule has 0 saturated heterocycles. The van der Waals surface area contributed by atoms with Gasteiger partial charge in [-0.05, 0) is 53.4 Å². The molecule has 0 aliphatic rings. The number of aromatic nitrogens is 1. The summed E-state index contributed by atoms with van der Waals surface area (Å²) in [5.41, 5.74) is 2.56. The van der Waals surface area contributed by atoms with Gasteiger partial charge in [-0.1, -0.05) is 44.2 Å². The number of carboxylic acid groups (broad SMARTS) is 1. The van der Waals surface area contributed by atoms with Gasteiger partial charge in [0.05, 0.1) is 10.6 Å². The van der Waals surface area contributed by atoms with Crippen LogP contribution in [0.2, 0.25) is 0 Å². The third-order valence-electron chi connectivity index (χ3n) is 4.68. The highest BCUT2D eigenvalue weighted by Gasteiger charge is 2.27. The molecule has 0 fully saturated rings. The summed E-state index contributed by atoms with van der Waals surface area (Å²) in [6.45, 7) is 3.66. The SMILES string of the molecule is CC(C)C(NS(=O)(=O)c1ccc(-c2ccc(OCc3ccccn3)cc2)cc1)C(=O)O. The molecule has 7 nitrogen and oxygen atoms in total. The van der Waals surface area contributed by atoms with Crippen molar-refractivity contribution in [3.8, 4) is 16.9 Å². The van der Waals surface area contributed by atoms with Gasteiger partial charge in [0.25, 0.3) is 0 Å². The first-order chi connectivity index (χ1) is 14.8. The number of ether oxygens (including phenoxy) is 1. The molecular formula is C23H24N2O5S. The molecule has 0 aliphatic carbocycles. The number of hydrogen-bond donors (Lipinski definition) is 2. The van der Waals surface area contributed by atoms with Crippen LogP contribution >= 0.6 is 0 Å². The van der Waals surface area contributed by atoms with Crippen molar-refractivity contribution in [3.05, 3.63) is 78.6 Å². The lowest BCUT2D eigenvalue weighted by Gasteiger charge is -2.18. The normalized spacial score (nSPS) is 12.5. The molecule has 0 aliphatic heterocycles. The second-order valence-electron chi connectivity index (χ2n) is 7.34. The van der Waals surface area contributed by atoms with Crippen molar-refractivity contribution >= 4 is 16.0 Å². The maximum Gasteiger partial charge on any atom is 0.322 e. The summed E-state index contributed by atoms with van der Waals surface area (Å²) in [6.07, 6.45) is 1.71. The molecule has 3 rings (SSSR count). The van der Waals surface area contributed by atoms with E-state index >= 15 is 0 Å². The molecule has 1 atom stereocenters. The topological polar surface area (TPSA) is 106 Å². The number of rotatable bonds is 9. The minimum Gasteiger partial charge on any atom is -0.487 e. The van der Waals surface area contributed by atoms with Crippen LogP contribution in [0.5, 0.6) is 5.75 Å². The first kappa shape index (κ1) is 22.5. The summed E-state index contributed by atoms with van der Waals surface area (Å²) in [5.74, 6) is -0.892. The zero-order chi connectivity index (χ0) is 22.4. The Hall–Kier alpha value is -3.23. The van der Waals surface area contributed by atoms with Gasteiger partial charge in [-0.15, -0.1) is 0 Å². The largest absolute Gasteiger partial charge is 0.487 e. The standard InChI is InChI=1S/C23H24N2O5S/c1-16(2)22(23(26)27)25-31(28,29)21-12-8-18(9-13-21)17-6-10-20(11-7-17)30-15-19-5-3-4-14-24-19/h3-14,16,22,25H,15H2,1-2H3,(H,26,27). The Labute approximate surface area is 181 Å². The highest BCUT2D eigenvalue weighted by molar-refractivity contribution is 7.89. The molecular weight excluding hydrogens is 416 g/mol. The minimum atomic E-state index is -3.95. The number of sulfonamides is 1. The molecule has 0 amide bonds. The van der Waals surface area contributed by atoms with Crippen LogP contribution in [0.25, 0.3) is 11.1 Å². The lowest BCUT2D eigenvalue weighted by molar-refractivity contribution is -0.140. The summed E-state index contributed by atoms with van der Waals surface area (Å²) in [4.78, 5) is 15.5. The molecule has 1 unspecified atom stereocenters. The fraction of sp³-hybridized carbons (Fsp3) is 0.217. The van der Waals surface area contributed by atoms with E-state index in [1.807, 2.05) is 42.5 Å². The summed E-state index contributed by atoms with van der Waals surface area (Å²) in [5, 5.41) is 9.23. The number of nitrogens with one attached hydrogen (secondary N) is 1. The lowest BCUT2D eigenvalue weighted by atomic mass is 10.1. The van der Waals surface area contributed by atoms with E-state index in [1.165, 1.54) is 12.1 Å². The van der Waals surface area contributed by atoms with E-state index in [0.29, 0.717) is 12.4 Å². The summed E-state index contributed by atoms with van der Waals surface area (Å²) < 4.78 is 33.1. The van der Waals surface area contributed by atoms with Crippen LogP contribution in [0, 0.1) is 5.92 Å². The average molecular weight is 441 g/mol. The first-order valence-corrected chi connectivity index (χ1v) is 11.2. The smallest absolute Gasteiger partial charge is 0.322 e. The van der Waals surface area contributed by atoms with Crippen LogP contribution in [0.3, 0.4) is 0 Å². The van der Waals surface area contributed by atoms with E-state index in [9.17, 15) is 18.3 Å². The molecule has 0 bridgehead atoms. The Balaban J connectivity index is 1.68. The zero-order valence-electron chi connectivity index (χ0n) is 17.2. The monoisotopic (exact) mass is 440 g/mol. The number of carboxylic acids is 1. The number of nitrogens with zero attached hydrogens (tertiary/aromatic N) is 1. The van der Waals surface area contributed by atoms with Crippen molar-refractivity contribution in [2.75, 3.05) is 0 Å². The quantitative estimate of drug-likeness (QED) is 0.525.